The van der Waals surface area contributed by atoms with Crippen molar-refractivity contribution in [2.75, 3.05) is 40.4 Å². The summed E-state index contributed by atoms with van der Waals surface area (Å²) in [5.41, 5.74) is 1.02. The summed E-state index contributed by atoms with van der Waals surface area (Å²) in [6.45, 7) is 3.33. The molecule has 4 rings (SSSR count). The molecule has 3 aromatic rings. The number of nitrogens with zero attached hydrogens (tertiary/aromatic N) is 2. The first-order chi connectivity index (χ1) is 17.0. The van der Waals surface area contributed by atoms with Crippen LogP contribution >= 0.6 is 0 Å². The van der Waals surface area contributed by atoms with Crippen LogP contribution in [0.15, 0.2) is 71.3 Å². The van der Waals surface area contributed by atoms with Crippen LogP contribution in [0.5, 0.6) is 0 Å². The Balaban J connectivity index is 0.00000361. The molecule has 36 heavy (non-hydrogen) atoms. The van der Waals surface area contributed by atoms with Crippen molar-refractivity contribution in [3.63, 3.8) is 0 Å². The van der Waals surface area contributed by atoms with E-state index in [2.05, 4.69) is 43.3 Å². The van der Waals surface area contributed by atoms with Crippen LogP contribution < -0.4 is 12.4 Å². The first-order valence-corrected chi connectivity index (χ1v) is 13.1. The third-order valence-electron chi connectivity index (χ3n) is 7.47. The number of aromatic nitrogens is 1. The number of aliphatic hydroxyl groups is 1. The van der Waals surface area contributed by atoms with Gasteiger partial charge in [-0.05, 0) is 30.4 Å². The fourth-order valence-electron chi connectivity index (χ4n) is 5.12. The molecule has 5 nitrogen and oxygen atoms in total. The van der Waals surface area contributed by atoms with Crippen LogP contribution in [-0.4, -0.2) is 55.0 Å². The minimum Gasteiger partial charge on any atom is -1.00 e. The van der Waals surface area contributed by atoms with Crippen LogP contribution in [0.3, 0.4) is 0 Å². The molecule has 0 saturated heterocycles. The molecule has 2 aromatic carbocycles. The van der Waals surface area contributed by atoms with Crippen molar-refractivity contribution in [1.29, 1.82) is 0 Å². The Morgan fingerprint density at radius 2 is 1.58 bits per heavy atom. The summed E-state index contributed by atoms with van der Waals surface area (Å²) in [6.07, 6.45) is 9.05. The lowest BCUT2D eigenvalue weighted by Gasteiger charge is -2.36. The molecule has 1 aliphatic carbocycles. The van der Waals surface area contributed by atoms with Gasteiger partial charge in [-0.3, -0.25) is 0 Å². The van der Waals surface area contributed by atoms with E-state index in [1.165, 1.54) is 12.0 Å². The van der Waals surface area contributed by atoms with E-state index in [0.717, 1.165) is 80.6 Å². The highest BCUT2D eigenvalue weighted by Crippen LogP contribution is 2.43. The highest BCUT2D eigenvalue weighted by atomic mass is 35.5. The average Bonchev–Trinajstić information content (AvgIpc) is 3.38. The van der Waals surface area contributed by atoms with Gasteiger partial charge in [0.2, 0.25) is 5.89 Å². The zero-order chi connectivity index (χ0) is 24.6. The van der Waals surface area contributed by atoms with Crippen molar-refractivity contribution in [2.45, 2.75) is 50.5 Å². The molecule has 1 unspecified atom stereocenters. The Bertz CT molecular complexity index is 1020. The van der Waals surface area contributed by atoms with Crippen molar-refractivity contribution in [2.24, 2.45) is 5.92 Å². The Kier molecular flexibility index (Phi) is 10.6. The largest absolute Gasteiger partial charge is 1.00 e. The van der Waals surface area contributed by atoms with Gasteiger partial charge >= 0.3 is 0 Å². The number of hydrogen-bond donors (Lipinski definition) is 1. The van der Waals surface area contributed by atoms with Gasteiger partial charge in [0.25, 0.3) is 0 Å². The van der Waals surface area contributed by atoms with Gasteiger partial charge in [-0.15, -0.1) is 0 Å². The van der Waals surface area contributed by atoms with Crippen molar-refractivity contribution in [3.8, 4) is 0 Å². The predicted octanol–water partition coefficient (Wildman–Crippen LogP) is 2.37. The molecular weight excluding hydrogens is 472 g/mol. The lowest BCUT2D eigenvalue weighted by Crippen LogP contribution is -3.00. The Hall–Kier alpha value is -2.18. The third kappa shape index (κ3) is 7.42. The molecule has 0 aliphatic heterocycles. The van der Waals surface area contributed by atoms with Crippen molar-refractivity contribution >= 4 is 0 Å². The first kappa shape index (κ1) is 28.4. The molecule has 0 radical (unpaired) electrons. The lowest BCUT2D eigenvalue weighted by molar-refractivity contribution is -0.890. The Morgan fingerprint density at radius 1 is 0.917 bits per heavy atom. The van der Waals surface area contributed by atoms with E-state index in [0.29, 0.717) is 5.89 Å². The minimum absolute atomic E-state index is 0. The van der Waals surface area contributed by atoms with Gasteiger partial charge in [-0.2, -0.15) is 0 Å². The van der Waals surface area contributed by atoms with E-state index < -0.39 is 5.60 Å². The lowest BCUT2D eigenvalue weighted by atomic mass is 9.73. The zero-order valence-electron chi connectivity index (χ0n) is 21.7. The first-order valence-electron chi connectivity index (χ1n) is 13.1. The molecule has 1 fully saturated rings. The molecule has 0 spiro atoms. The summed E-state index contributed by atoms with van der Waals surface area (Å²) in [6, 6.07) is 20.4. The number of oxazole rings is 1. The van der Waals surface area contributed by atoms with E-state index in [9.17, 15) is 5.11 Å². The second kappa shape index (κ2) is 13.4. The van der Waals surface area contributed by atoms with E-state index in [1.54, 1.807) is 0 Å². The van der Waals surface area contributed by atoms with Gasteiger partial charge in [0, 0.05) is 5.92 Å². The predicted molar refractivity (Wildman–Crippen MR) is 139 cm³/mol. The maximum atomic E-state index is 12.0. The summed E-state index contributed by atoms with van der Waals surface area (Å²) >= 11 is 0. The quantitative estimate of drug-likeness (QED) is 0.299. The van der Waals surface area contributed by atoms with E-state index >= 15 is 0 Å². The highest BCUT2D eigenvalue weighted by molar-refractivity contribution is 5.30. The van der Waals surface area contributed by atoms with Gasteiger partial charge in [0.1, 0.15) is 12.3 Å². The monoisotopic (exact) mass is 512 g/mol. The second-order valence-electron chi connectivity index (χ2n) is 10.6. The molecule has 6 heteroatoms. The van der Waals surface area contributed by atoms with Gasteiger partial charge in [-0.25, -0.2) is 4.98 Å². The van der Waals surface area contributed by atoms with Crippen molar-refractivity contribution < 1.29 is 31.2 Å². The molecule has 1 heterocycles. The third-order valence-corrected chi connectivity index (χ3v) is 7.47. The van der Waals surface area contributed by atoms with Crippen LogP contribution in [0, 0.1) is 5.92 Å². The van der Waals surface area contributed by atoms with E-state index in [-0.39, 0.29) is 18.3 Å². The van der Waals surface area contributed by atoms with Crippen LogP contribution in [0.25, 0.3) is 0 Å². The van der Waals surface area contributed by atoms with Gasteiger partial charge in [0.05, 0.1) is 46.5 Å². The number of halogens is 1. The molecule has 0 bridgehead atoms. The zero-order valence-corrected chi connectivity index (χ0v) is 22.5. The van der Waals surface area contributed by atoms with Gasteiger partial charge < -0.3 is 31.2 Å². The Labute approximate surface area is 222 Å². The van der Waals surface area contributed by atoms with Crippen LogP contribution in [-0.2, 0) is 23.2 Å². The maximum Gasteiger partial charge on any atom is 0.231 e. The van der Waals surface area contributed by atoms with Crippen LogP contribution in [0.1, 0.15) is 54.9 Å². The molecular formula is C30H41ClN2O3. The molecule has 1 atom stereocenters. The van der Waals surface area contributed by atoms with Crippen molar-refractivity contribution in [1.82, 2.24) is 4.98 Å². The number of benzene rings is 2. The number of ether oxygens (including phenoxy) is 1. The van der Waals surface area contributed by atoms with Crippen LogP contribution in [0.2, 0.25) is 0 Å². The highest BCUT2D eigenvalue weighted by Gasteiger charge is 2.44. The fraction of sp³-hybridized carbons (Fsp3) is 0.500. The maximum absolute atomic E-state index is 12.0. The van der Waals surface area contributed by atoms with Gasteiger partial charge in [0.15, 0.2) is 5.60 Å². The minimum atomic E-state index is -1.17. The Morgan fingerprint density at radius 3 is 2.28 bits per heavy atom. The summed E-state index contributed by atoms with van der Waals surface area (Å²) < 4.78 is 13.0. The smallest absolute Gasteiger partial charge is 0.231 e. The van der Waals surface area contributed by atoms with Crippen molar-refractivity contribution in [3.05, 3.63) is 89.6 Å². The number of likely N-dealkylation sites (N-methyl/N-ethyl adjacent to an activating group) is 1. The number of hydrogen-bond acceptors (Lipinski definition) is 4. The fourth-order valence-corrected chi connectivity index (χ4v) is 5.12. The normalized spacial score (nSPS) is 16.3. The summed E-state index contributed by atoms with van der Waals surface area (Å²) in [7, 11) is 4.44. The number of rotatable bonds is 12. The van der Waals surface area contributed by atoms with Gasteiger partial charge in [-0.1, -0.05) is 79.9 Å². The summed E-state index contributed by atoms with van der Waals surface area (Å²) in [4.78, 5) is 4.61. The summed E-state index contributed by atoms with van der Waals surface area (Å²) in [5, 5.41) is 12.0. The summed E-state index contributed by atoms with van der Waals surface area (Å²) in [5.74, 6) is 1.41. The SMILES string of the molecule is C[N+](C)(CCOCCc1ccccc1)CCc1cnc(C(O)(c2ccccc2)C2CCCCC2)o1.[Cl-]. The van der Waals surface area contributed by atoms with E-state index in [4.69, 9.17) is 9.15 Å². The van der Waals surface area contributed by atoms with Crippen LogP contribution in [0.4, 0.5) is 0 Å². The second-order valence-corrected chi connectivity index (χ2v) is 10.6. The molecule has 1 saturated carbocycles. The van der Waals surface area contributed by atoms with E-state index in [1.807, 2.05) is 42.6 Å². The molecule has 1 aliphatic rings. The standard InChI is InChI=1S/C30H41N2O3.ClH/c1-32(2,21-23-34-22-19-25-12-6-3-7-13-25)20-18-28-24-31-29(35-28)30(33,26-14-8-4-9-15-26)27-16-10-5-11-17-27;/h3-4,6-9,12-15,24,27,33H,5,10-11,16-23H2,1-2H3;1H/q+1;/p-1. The number of quaternary nitrogens is 1. The molecule has 1 N–H and O–H groups in total. The molecule has 196 valence electrons. The molecule has 0 amide bonds. The average molecular weight is 513 g/mol. The molecule has 1 aromatic heterocycles. The topological polar surface area (TPSA) is 55.5 Å².